The summed E-state index contributed by atoms with van der Waals surface area (Å²) in [6.45, 7) is 5.27. The molecule has 82 valence electrons. The second-order valence-electron chi connectivity index (χ2n) is 3.01. The summed E-state index contributed by atoms with van der Waals surface area (Å²) in [5, 5.41) is 1.17. The minimum Gasteiger partial charge on any atom is -0.399 e. The molecular weight excluding hydrogens is 206 g/mol. The fraction of sp³-hybridized carbons (Fsp3) is 0.455. The van der Waals surface area contributed by atoms with Gasteiger partial charge in [0.1, 0.15) is 5.91 Å². The summed E-state index contributed by atoms with van der Waals surface area (Å²) in [5.74, 6) is -0.137. The van der Waals surface area contributed by atoms with Gasteiger partial charge in [-0.1, -0.05) is 17.3 Å². The van der Waals surface area contributed by atoms with Gasteiger partial charge in [-0.25, -0.2) is 0 Å². The van der Waals surface area contributed by atoms with Crippen molar-refractivity contribution in [2.24, 2.45) is 0 Å². The van der Waals surface area contributed by atoms with Crippen molar-refractivity contribution < 1.29 is 9.47 Å². The quantitative estimate of drug-likeness (QED) is 0.444. The third kappa shape index (κ3) is 4.46. The SMILES string of the molecule is CCOC(OCC)[Si]c1cccc(N)c1. The molecular formula is C11H17NO2Si. The van der Waals surface area contributed by atoms with E-state index in [-0.39, 0.29) is 5.91 Å². The fourth-order valence-corrected chi connectivity index (χ4v) is 2.41. The van der Waals surface area contributed by atoms with Crippen molar-refractivity contribution in [2.45, 2.75) is 19.8 Å². The Morgan fingerprint density at radius 1 is 1.27 bits per heavy atom. The predicted molar refractivity (Wildman–Crippen MR) is 63.3 cm³/mol. The Morgan fingerprint density at radius 2 is 1.93 bits per heavy atom. The van der Waals surface area contributed by atoms with Crippen molar-refractivity contribution in [3.8, 4) is 0 Å². The zero-order valence-electron chi connectivity index (χ0n) is 9.19. The van der Waals surface area contributed by atoms with Gasteiger partial charge in [-0.15, -0.1) is 0 Å². The molecule has 1 aromatic rings. The number of rotatable bonds is 6. The number of nitrogen functional groups attached to an aromatic ring is 1. The van der Waals surface area contributed by atoms with Gasteiger partial charge >= 0.3 is 0 Å². The van der Waals surface area contributed by atoms with E-state index in [0.717, 1.165) is 5.69 Å². The molecule has 4 heteroatoms. The summed E-state index contributed by atoms with van der Waals surface area (Å²) < 4.78 is 11.0. The molecule has 0 aliphatic heterocycles. The molecule has 1 aromatic carbocycles. The van der Waals surface area contributed by atoms with E-state index < -0.39 is 0 Å². The molecule has 15 heavy (non-hydrogen) atoms. The molecule has 0 unspecified atom stereocenters. The minimum atomic E-state index is -0.137. The topological polar surface area (TPSA) is 44.5 Å². The van der Waals surface area contributed by atoms with Gasteiger partial charge < -0.3 is 15.2 Å². The zero-order chi connectivity index (χ0) is 11.1. The van der Waals surface area contributed by atoms with Crippen molar-refractivity contribution in [2.75, 3.05) is 18.9 Å². The van der Waals surface area contributed by atoms with Crippen molar-refractivity contribution >= 4 is 20.4 Å². The van der Waals surface area contributed by atoms with Crippen LogP contribution in [0.3, 0.4) is 0 Å². The molecule has 0 aliphatic carbocycles. The summed E-state index contributed by atoms with van der Waals surface area (Å²) >= 11 is 0. The van der Waals surface area contributed by atoms with Gasteiger partial charge in [0.05, 0.1) is 0 Å². The largest absolute Gasteiger partial charge is 0.399 e. The van der Waals surface area contributed by atoms with Crippen molar-refractivity contribution in [3.05, 3.63) is 24.3 Å². The molecule has 0 aliphatic rings. The molecule has 1 rings (SSSR count). The van der Waals surface area contributed by atoms with Crippen LogP contribution in [0, 0.1) is 0 Å². The number of nitrogens with two attached hydrogens (primary N) is 1. The second-order valence-corrected chi connectivity index (χ2v) is 4.35. The number of anilines is 1. The van der Waals surface area contributed by atoms with Gasteiger partial charge in [0.25, 0.3) is 0 Å². The smallest absolute Gasteiger partial charge is 0.157 e. The first-order valence-corrected chi connectivity index (χ1v) is 6.19. The summed E-state index contributed by atoms with van der Waals surface area (Å²) in [6, 6.07) is 7.83. The number of hydrogen-bond donors (Lipinski definition) is 1. The van der Waals surface area contributed by atoms with Crippen LogP contribution in [0.5, 0.6) is 0 Å². The highest BCUT2D eigenvalue weighted by molar-refractivity contribution is 6.54. The first kappa shape index (κ1) is 12.2. The maximum Gasteiger partial charge on any atom is 0.157 e. The Hall–Kier alpha value is -0.843. The monoisotopic (exact) mass is 223 g/mol. The van der Waals surface area contributed by atoms with E-state index in [1.54, 1.807) is 0 Å². The highest BCUT2D eigenvalue weighted by Gasteiger charge is 2.10. The van der Waals surface area contributed by atoms with Crippen molar-refractivity contribution in [1.29, 1.82) is 0 Å². The van der Waals surface area contributed by atoms with Crippen molar-refractivity contribution in [3.63, 3.8) is 0 Å². The summed E-state index contributed by atoms with van der Waals surface area (Å²) in [7, 11) is 0.481. The normalized spacial score (nSPS) is 10.9. The molecule has 0 saturated carbocycles. The number of benzene rings is 1. The van der Waals surface area contributed by atoms with Gasteiger partial charge in [-0.3, -0.25) is 0 Å². The van der Waals surface area contributed by atoms with E-state index in [1.807, 2.05) is 38.1 Å². The maximum atomic E-state index is 5.71. The van der Waals surface area contributed by atoms with E-state index >= 15 is 0 Å². The fourth-order valence-electron chi connectivity index (χ4n) is 1.20. The lowest BCUT2D eigenvalue weighted by Crippen LogP contribution is -2.33. The van der Waals surface area contributed by atoms with E-state index in [2.05, 4.69) is 0 Å². The summed E-state index contributed by atoms with van der Waals surface area (Å²) in [6.07, 6.45) is 0. The van der Waals surface area contributed by atoms with Crippen LogP contribution in [0.15, 0.2) is 24.3 Å². The number of hydrogen-bond acceptors (Lipinski definition) is 3. The summed E-state index contributed by atoms with van der Waals surface area (Å²) in [4.78, 5) is 0. The van der Waals surface area contributed by atoms with Crippen LogP contribution in [-0.4, -0.2) is 28.6 Å². The van der Waals surface area contributed by atoms with E-state index in [1.165, 1.54) is 5.19 Å². The van der Waals surface area contributed by atoms with Gasteiger partial charge in [-0.2, -0.15) is 0 Å². The Kier molecular flexibility index (Phi) is 5.38. The predicted octanol–water partition coefficient (Wildman–Crippen LogP) is 0.955. The first-order valence-electron chi connectivity index (χ1n) is 5.11. The Labute approximate surface area is 93.4 Å². The van der Waals surface area contributed by atoms with Crippen LogP contribution in [-0.2, 0) is 9.47 Å². The molecule has 0 heterocycles. The molecule has 0 amide bonds. The van der Waals surface area contributed by atoms with E-state index in [4.69, 9.17) is 15.2 Å². The van der Waals surface area contributed by atoms with Gasteiger partial charge in [0, 0.05) is 18.9 Å². The minimum absolute atomic E-state index is 0.137. The molecule has 2 N–H and O–H groups in total. The molecule has 0 aromatic heterocycles. The molecule has 2 radical (unpaired) electrons. The third-order valence-electron chi connectivity index (χ3n) is 1.81. The molecule has 0 spiro atoms. The average Bonchev–Trinajstić information content (AvgIpc) is 2.18. The average molecular weight is 223 g/mol. The zero-order valence-corrected chi connectivity index (χ0v) is 10.2. The lowest BCUT2D eigenvalue weighted by Gasteiger charge is -2.16. The van der Waals surface area contributed by atoms with Gasteiger partial charge in [-0.05, 0) is 26.0 Å². The van der Waals surface area contributed by atoms with E-state index in [9.17, 15) is 0 Å². The Bertz CT molecular complexity index is 288. The Morgan fingerprint density at radius 3 is 2.47 bits per heavy atom. The van der Waals surface area contributed by atoms with Gasteiger partial charge in [0.15, 0.2) is 9.52 Å². The molecule has 0 fully saturated rings. The van der Waals surface area contributed by atoms with Crippen LogP contribution in [0.1, 0.15) is 13.8 Å². The molecule has 3 nitrogen and oxygen atoms in total. The summed E-state index contributed by atoms with van der Waals surface area (Å²) in [5.41, 5.74) is 6.49. The van der Waals surface area contributed by atoms with Crippen LogP contribution in [0.4, 0.5) is 5.69 Å². The second kappa shape index (κ2) is 6.61. The third-order valence-corrected chi connectivity index (χ3v) is 3.02. The highest BCUT2D eigenvalue weighted by atomic mass is 28.2. The van der Waals surface area contributed by atoms with Gasteiger partial charge in [0.2, 0.25) is 0 Å². The lowest BCUT2D eigenvalue weighted by atomic mass is 10.3. The van der Waals surface area contributed by atoms with Crippen molar-refractivity contribution in [1.82, 2.24) is 0 Å². The van der Waals surface area contributed by atoms with Crippen LogP contribution < -0.4 is 10.9 Å². The highest BCUT2D eigenvalue weighted by Crippen LogP contribution is 1.99. The maximum absolute atomic E-state index is 5.71. The van der Waals surface area contributed by atoms with Crippen LogP contribution in [0.25, 0.3) is 0 Å². The molecule has 0 atom stereocenters. The lowest BCUT2D eigenvalue weighted by molar-refractivity contribution is -0.0817. The standard InChI is InChI=1S/C11H17NO2Si/c1-3-13-11(14-4-2)15-10-7-5-6-9(12)8-10/h5-8,11H,3-4,12H2,1-2H3. The van der Waals surface area contributed by atoms with E-state index in [0.29, 0.717) is 22.7 Å². The van der Waals surface area contributed by atoms with Crippen LogP contribution in [0.2, 0.25) is 0 Å². The molecule has 0 bridgehead atoms. The van der Waals surface area contributed by atoms with Crippen LogP contribution >= 0.6 is 0 Å². The molecule has 0 saturated heterocycles. The Balaban J connectivity index is 2.56. The first-order chi connectivity index (χ1) is 7.26. The number of ether oxygens (including phenoxy) is 2.